The van der Waals surface area contributed by atoms with Crippen LogP contribution in [0.25, 0.3) is 5.65 Å². The van der Waals surface area contributed by atoms with Crippen LogP contribution in [0.1, 0.15) is 10.5 Å². The predicted molar refractivity (Wildman–Crippen MR) is 86.7 cm³/mol. The number of fused-ring (bicyclic) bond motifs is 1. The molecule has 0 atom stereocenters. The Labute approximate surface area is 142 Å². The molecule has 1 amide bonds. The minimum atomic E-state index is -0.623. The van der Waals surface area contributed by atoms with Crippen molar-refractivity contribution >= 4 is 50.5 Å². The number of carbonyl (C=O) groups is 1. The maximum Gasteiger partial charge on any atom is 0.294 e. The first-order valence-corrected chi connectivity index (χ1v) is 7.38. The monoisotopic (exact) mass is 395 g/mol. The standard InChI is InChI=1S/C13H7BrClN5O3/c14-10-11(18-19-5-1-4-16-12(10)19)13(21)17-8-3-2-7(15)6-9(8)20(22)23/h1-6H,(H,17,21). The Balaban J connectivity index is 1.98. The van der Waals surface area contributed by atoms with Gasteiger partial charge >= 0.3 is 0 Å². The summed E-state index contributed by atoms with van der Waals surface area (Å²) in [5, 5.41) is 17.8. The van der Waals surface area contributed by atoms with E-state index in [-0.39, 0.29) is 22.1 Å². The molecule has 3 aromatic rings. The summed E-state index contributed by atoms with van der Waals surface area (Å²) in [4.78, 5) is 26.9. The van der Waals surface area contributed by atoms with E-state index in [0.29, 0.717) is 10.1 Å². The molecule has 8 nitrogen and oxygen atoms in total. The minimum absolute atomic E-state index is 0.0290. The second kappa shape index (κ2) is 5.94. The normalized spacial score (nSPS) is 10.7. The molecule has 2 aromatic heterocycles. The van der Waals surface area contributed by atoms with Gasteiger partial charge in [-0.25, -0.2) is 9.50 Å². The van der Waals surface area contributed by atoms with Crippen LogP contribution < -0.4 is 5.32 Å². The molecule has 0 fully saturated rings. The molecule has 3 rings (SSSR count). The van der Waals surface area contributed by atoms with Crippen LogP contribution in [0.5, 0.6) is 0 Å². The first-order valence-electron chi connectivity index (χ1n) is 6.21. The number of carbonyl (C=O) groups excluding carboxylic acids is 1. The lowest BCUT2D eigenvalue weighted by Crippen LogP contribution is -2.14. The summed E-state index contributed by atoms with van der Waals surface area (Å²) in [6, 6.07) is 5.64. The van der Waals surface area contributed by atoms with E-state index >= 15 is 0 Å². The van der Waals surface area contributed by atoms with Crippen LogP contribution in [0.3, 0.4) is 0 Å². The van der Waals surface area contributed by atoms with Crippen LogP contribution in [0.4, 0.5) is 11.4 Å². The molecule has 0 aliphatic rings. The summed E-state index contributed by atoms with van der Waals surface area (Å²) < 4.78 is 1.82. The molecule has 0 spiro atoms. The lowest BCUT2D eigenvalue weighted by molar-refractivity contribution is -0.383. The molecule has 10 heteroatoms. The summed E-state index contributed by atoms with van der Waals surface area (Å²) in [5.74, 6) is -0.604. The van der Waals surface area contributed by atoms with E-state index in [1.165, 1.54) is 16.6 Å². The Bertz CT molecular complexity index is 943. The smallest absolute Gasteiger partial charge is 0.294 e. The highest BCUT2D eigenvalue weighted by molar-refractivity contribution is 9.10. The van der Waals surface area contributed by atoms with Crippen LogP contribution in [-0.2, 0) is 0 Å². The Kier molecular flexibility index (Phi) is 3.97. The number of rotatable bonds is 3. The van der Waals surface area contributed by atoms with Gasteiger partial charge in [-0.3, -0.25) is 14.9 Å². The van der Waals surface area contributed by atoms with Gasteiger partial charge in [0.05, 0.1) is 9.40 Å². The number of amides is 1. The van der Waals surface area contributed by atoms with Crippen molar-refractivity contribution < 1.29 is 9.72 Å². The van der Waals surface area contributed by atoms with Gasteiger partial charge in [-0.1, -0.05) is 11.6 Å². The fourth-order valence-electron chi connectivity index (χ4n) is 1.95. The number of anilines is 1. The molecule has 0 radical (unpaired) electrons. The Hall–Kier alpha value is -2.52. The molecule has 0 bridgehead atoms. The number of hydrogen-bond donors (Lipinski definition) is 1. The summed E-state index contributed by atoms with van der Waals surface area (Å²) >= 11 is 9.01. The highest BCUT2D eigenvalue weighted by Crippen LogP contribution is 2.29. The third-order valence-electron chi connectivity index (χ3n) is 2.96. The summed E-state index contributed by atoms with van der Waals surface area (Å²) in [6.45, 7) is 0. The fourth-order valence-corrected chi connectivity index (χ4v) is 2.66. The molecule has 0 unspecified atom stereocenters. The predicted octanol–water partition coefficient (Wildman–Crippen LogP) is 3.31. The number of nitro benzene ring substituents is 1. The van der Waals surface area contributed by atoms with Gasteiger partial charge in [0.25, 0.3) is 11.6 Å². The number of nitro groups is 1. The van der Waals surface area contributed by atoms with E-state index in [1.807, 2.05) is 0 Å². The van der Waals surface area contributed by atoms with Crippen molar-refractivity contribution in [1.82, 2.24) is 14.6 Å². The second-order valence-corrected chi connectivity index (χ2v) is 5.65. The maximum absolute atomic E-state index is 12.4. The Morgan fingerprint density at radius 1 is 1.43 bits per heavy atom. The molecule has 0 saturated carbocycles. The third-order valence-corrected chi connectivity index (χ3v) is 3.92. The topological polar surface area (TPSA) is 102 Å². The van der Waals surface area contributed by atoms with Crippen LogP contribution >= 0.6 is 27.5 Å². The van der Waals surface area contributed by atoms with Gasteiger partial charge < -0.3 is 5.32 Å². The molecule has 1 N–H and O–H groups in total. The average Bonchev–Trinajstić information content (AvgIpc) is 2.86. The number of nitrogens with zero attached hydrogens (tertiary/aromatic N) is 4. The van der Waals surface area contributed by atoms with Gasteiger partial charge in [0.15, 0.2) is 11.3 Å². The molecule has 116 valence electrons. The van der Waals surface area contributed by atoms with E-state index in [0.717, 1.165) is 6.07 Å². The second-order valence-electron chi connectivity index (χ2n) is 4.42. The van der Waals surface area contributed by atoms with E-state index in [2.05, 4.69) is 31.3 Å². The molecule has 2 heterocycles. The highest BCUT2D eigenvalue weighted by Gasteiger charge is 2.22. The van der Waals surface area contributed by atoms with Gasteiger partial charge in [0.1, 0.15) is 5.69 Å². The molecular formula is C13H7BrClN5O3. The van der Waals surface area contributed by atoms with E-state index < -0.39 is 10.8 Å². The number of nitrogens with one attached hydrogen (secondary N) is 1. The quantitative estimate of drug-likeness (QED) is 0.540. The largest absolute Gasteiger partial charge is 0.315 e. The zero-order chi connectivity index (χ0) is 16.6. The Morgan fingerprint density at radius 2 is 2.22 bits per heavy atom. The SMILES string of the molecule is O=C(Nc1ccc(Cl)cc1[N+](=O)[O-])c1nn2cccnc2c1Br. The van der Waals surface area contributed by atoms with Gasteiger partial charge in [-0.2, -0.15) is 5.10 Å². The highest BCUT2D eigenvalue weighted by atomic mass is 79.9. The summed E-state index contributed by atoms with van der Waals surface area (Å²) in [5.41, 5.74) is 0.251. The van der Waals surface area contributed by atoms with Crippen molar-refractivity contribution in [2.75, 3.05) is 5.32 Å². The first kappa shape index (κ1) is 15.4. The molecule has 1 aromatic carbocycles. The molecule has 23 heavy (non-hydrogen) atoms. The molecule has 0 saturated heterocycles. The van der Waals surface area contributed by atoms with Crippen LogP contribution in [0.2, 0.25) is 5.02 Å². The van der Waals surface area contributed by atoms with Gasteiger partial charge in [0, 0.05) is 23.5 Å². The van der Waals surface area contributed by atoms with Gasteiger partial charge in [-0.05, 0) is 34.1 Å². The molecule has 0 aliphatic carbocycles. The van der Waals surface area contributed by atoms with Crippen molar-refractivity contribution in [3.63, 3.8) is 0 Å². The number of aromatic nitrogens is 3. The van der Waals surface area contributed by atoms with E-state index in [9.17, 15) is 14.9 Å². The van der Waals surface area contributed by atoms with E-state index in [1.54, 1.807) is 18.5 Å². The maximum atomic E-state index is 12.4. The zero-order valence-electron chi connectivity index (χ0n) is 11.2. The van der Waals surface area contributed by atoms with Crippen molar-refractivity contribution in [3.8, 4) is 0 Å². The van der Waals surface area contributed by atoms with Crippen LogP contribution in [-0.4, -0.2) is 25.4 Å². The van der Waals surface area contributed by atoms with Gasteiger partial charge in [-0.15, -0.1) is 0 Å². The van der Waals surface area contributed by atoms with Crippen molar-refractivity contribution in [2.24, 2.45) is 0 Å². The number of halogens is 2. The lowest BCUT2D eigenvalue weighted by atomic mass is 10.2. The minimum Gasteiger partial charge on any atom is -0.315 e. The van der Waals surface area contributed by atoms with Crippen molar-refractivity contribution in [3.05, 3.63) is 62.0 Å². The molecule has 0 aliphatic heterocycles. The van der Waals surface area contributed by atoms with Crippen LogP contribution in [0.15, 0.2) is 41.1 Å². The van der Waals surface area contributed by atoms with E-state index in [4.69, 9.17) is 11.6 Å². The van der Waals surface area contributed by atoms with Crippen molar-refractivity contribution in [1.29, 1.82) is 0 Å². The lowest BCUT2D eigenvalue weighted by Gasteiger charge is -2.04. The zero-order valence-corrected chi connectivity index (χ0v) is 13.6. The average molecular weight is 397 g/mol. The van der Waals surface area contributed by atoms with Gasteiger partial charge in [0.2, 0.25) is 0 Å². The van der Waals surface area contributed by atoms with Crippen molar-refractivity contribution in [2.45, 2.75) is 0 Å². The summed E-state index contributed by atoms with van der Waals surface area (Å²) in [6.07, 6.45) is 3.20. The fraction of sp³-hybridized carbons (Fsp3) is 0. The van der Waals surface area contributed by atoms with Crippen LogP contribution in [0, 0.1) is 10.1 Å². The molecular weight excluding hydrogens is 390 g/mol. The first-order chi connectivity index (χ1) is 11.0. The summed E-state index contributed by atoms with van der Waals surface area (Å²) in [7, 11) is 0. The third kappa shape index (κ3) is 2.88. The number of benzene rings is 1. The Morgan fingerprint density at radius 3 is 2.91 bits per heavy atom. The number of hydrogen-bond acceptors (Lipinski definition) is 5.